The molecule has 2 amide bonds. The molecule has 0 aliphatic carbocycles. The number of rotatable bonds is 9. The number of hydrogen-bond donors (Lipinski definition) is 2. The number of carbonyl (C=O) groups is 2. The fraction of sp³-hybridized carbons (Fsp3) is 0.174. The summed E-state index contributed by atoms with van der Waals surface area (Å²) < 4.78 is 26.8. The minimum absolute atomic E-state index is 0.0795. The van der Waals surface area contributed by atoms with Gasteiger partial charge in [-0.05, 0) is 54.1 Å². The van der Waals surface area contributed by atoms with E-state index in [1.54, 1.807) is 36.7 Å². The van der Waals surface area contributed by atoms with Gasteiger partial charge in [-0.3, -0.25) is 18.9 Å². The van der Waals surface area contributed by atoms with E-state index in [1.807, 2.05) is 18.2 Å². The fourth-order valence-corrected chi connectivity index (χ4v) is 4.09. The average Bonchev–Trinajstić information content (AvgIpc) is 2.83. The molecule has 3 aromatic rings. The molecule has 2 N–H and O–H groups in total. The molecule has 1 heterocycles. The Morgan fingerprint density at radius 1 is 0.906 bits per heavy atom. The van der Waals surface area contributed by atoms with Gasteiger partial charge in [-0.15, -0.1) is 0 Å². The lowest BCUT2D eigenvalue weighted by atomic mass is 10.2. The first-order valence-corrected chi connectivity index (χ1v) is 11.4. The van der Waals surface area contributed by atoms with Crippen LogP contribution >= 0.6 is 0 Å². The summed E-state index contributed by atoms with van der Waals surface area (Å²) in [6, 6.07) is 18.0. The number of nitrogens with one attached hydrogen (secondary N) is 2. The van der Waals surface area contributed by atoms with Gasteiger partial charge in [-0.2, -0.15) is 0 Å². The number of sulfonamides is 1. The molecule has 3 rings (SSSR count). The lowest BCUT2D eigenvalue weighted by Crippen LogP contribution is -2.30. The summed E-state index contributed by atoms with van der Waals surface area (Å²) in [5.74, 6) is -0.570. The maximum atomic E-state index is 12.8. The third-order valence-electron chi connectivity index (χ3n) is 4.77. The highest BCUT2D eigenvalue weighted by Gasteiger charge is 2.21. The van der Waals surface area contributed by atoms with E-state index in [2.05, 4.69) is 15.6 Å². The van der Waals surface area contributed by atoms with Crippen LogP contribution in [0.5, 0.6) is 0 Å². The molecule has 0 aliphatic rings. The van der Waals surface area contributed by atoms with Gasteiger partial charge in [-0.25, -0.2) is 8.42 Å². The largest absolute Gasteiger partial charge is 0.352 e. The highest BCUT2D eigenvalue weighted by Crippen LogP contribution is 2.21. The Kier molecular flexibility index (Phi) is 7.56. The van der Waals surface area contributed by atoms with Gasteiger partial charge in [0.2, 0.25) is 5.91 Å². The zero-order chi connectivity index (χ0) is 23.0. The first kappa shape index (κ1) is 23.0. The molecule has 0 unspecified atom stereocenters. The van der Waals surface area contributed by atoms with Crippen molar-refractivity contribution in [3.8, 4) is 0 Å². The second-order valence-electron chi connectivity index (χ2n) is 6.97. The fourth-order valence-electron chi connectivity index (χ4n) is 2.89. The molecule has 9 heteroatoms. The van der Waals surface area contributed by atoms with Crippen LogP contribution in [0.4, 0.5) is 5.69 Å². The molecule has 0 bridgehead atoms. The molecule has 0 saturated carbocycles. The van der Waals surface area contributed by atoms with Crippen molar-refractivity contribution in [2.45, 2.75) is 17.9 Å². The molecule has 8 nitrogen and oxygen atoms in total. The zero-order valence-corrected chi connectivity index (χ0v) is 18.4. The van der Waals surface area contributed by atoms with Crippen molar-refractivity contribution in [3.05, 3.63) is 90.3 Å². The van der Waals surface area contributed by atoms with Crippen LogP contribution < -0.4 is 14.9 Å². The molecular formula is C23H24N4O4S. The van der Waals surface area contributed by atoms with Gasteiger partial charge in [0.1, 0.15) is 0 Å². The number of benzene rings is 2. The van der Waals surface area contributed by atoms with Crippen molar-refractivity contribution in [1.29, 1.82) is 0 Å². The van der Waals surface area contributed by atoms with E-state index in [9.17, 15) is 18.0 Å². The summed E-state index contributed by atoms with van der Waals surface area (Å²) >= 11 is 0. The molecule has 1 aromatic heterocycles. The SMILES string of the molecule is CN(c1ccccc1)S(=O)(=O)c1ccc(C(=O)NCCC(=O)NCc2ccncc2)cc1. The highest BCUT2D eigenvalue weighted by molar-refractivity contribution is 7.92. The first-order valence-electron chi connectivity index (χ1n) is 9.96. The topological polar surface area (TPSA) is 108 Å². The second kappa shape index (κ2) is 10.5. The monoisotopic (exact) mass is 452 g/mol. The Balaban J connectivity index is 1.51. The zero-order valence-electron chi connectivity index (χ0n) is 17.6. The number of aromatic nitrogens is 1. The van der Waals surface area contributed by atoms with Gasteiger partial charge in [0.05, 0.1) is 10.6 Å². The van der Waals surface area contributed by atoms with Crippen LogP contribution in [0.1, 0.15) is 22.3 Å². The summed E-state index contributed by atoms with van der Waals surface area (Å²) in [5, 5.41) is 5.44. The summed E-state index contributed by atoms with van der Waals surface area (Å²) in [7, 11) is -2.27. The molecule has 0 spiro atoms. The standard InChI is InChI=1S/C23H24N4O4S/c1-27(20-5-3-2-4-6-20)32(30,31)21-9-7-19(8-10-21)23(29)25-16-13-22(28)26-17-18-11-14-24-15-12-18/h2-12,14-15H,13,16-17H2,1H3,(H,25,29)(H,26,28). The van der Waals surface area contributed by atoms with Gasteiger partial charge < -0.3 is 10.6 Å². The number of carbonyl (C=O) groups excluding carboxylic acids is 2. The van der Waals surface area contributed by atoms with E-state index in [0.717, 1.165) is 5.56 Å². The molecule has 0 radical (unpaired) electrons. The highest BCUT2D eigenvalue weighted by atomic mass is 32.2. The van der Waals surface area contributed by atoms with Crippen LogP contribution in [-0.2, 0) is 21.4 Å². The molecule has 0 saturated heterocycles. The Morgan fingerprint density at radius 2 is 1.56 bits per heavy atom. The van der Waals surface area contributed by atoms with Gasteiger partial charge >= 0.3 is 0 Å². The molecular weight excluding hydrogens is 428 g/mol. The van der Waals surface area contributed by atoms with Crippen LogP contribution in [0, 0.1) is 0 Å². The maximum Gasteiger partial charge on any atom is 0.264 e. The van der Waals surface area contributed by atoms with Crippen molar-refractivity contribution in [1.82, 2.24) is 15.6 Å². The number of para-hydroxylation sites is 1. The van der Waals surface area contributed by atoms with Gasteiger partial charge in [0, 0.05) is 44.5 Å². The lowest BCUT2D eigenvalue weighted by Gasteiger charge is -2.19. The van der Waals surface area contributed by atoms with Gasteiger partial charge in [-0.1, -0.05) is 18.2 Å². The van der Waals surface area contributed by atoms with E-state index in [-0.39, 0.29) is 29.7 Å². The summed E-state index contributed by atoms with van der Waals surface area (Å²) in [4.78, 5) is 28.2. The van der Waals surface area contributed by atoms with E-state index in [4.69, 9.17) is 0 Å². The van der Waals surface area contributed by atoms with Crippen molar-refractivity contribution < 1.29 is 18.0 Å². The Hall–Kier alpha value is -3.72. The van der Waals surface area contributed by atoms with E-state index in [1.165, 1.54) is 35.6 Å². The van der Waals surface area contributed by atoms with Crippen molar-refractivity contribution in [2.24, 2.45) is 0 Å². The van der Waals surface area contributed by atoms with Crippen LogP contribution in [-0.4, -0.2) is 38.8 Å². The number of nitrogens with zero attached hydrogens (tertiary/aromatic N) is 2. The number of hydrogen-bond acceptors (Lipinski definition) is 5. The van der Waals surface area contributed by atoms with Crippen molar-refractivity contribution >= 4 is 27.5 Å². The van der Waals surface area contributed by atoms with Crippen LogP contribution in [0.15, 0.2) is 84.0 Å². The average molecular weight is 453 g/mol. The molecule has 0 aliphatic heterocycles. The second-order valence-corrected chi connectivity index (χ2v) is 8.94. The number of amides is 2. The van der Waals surface area contributed by atoms with E-state index >= 15 is 0 Å². The predicted octanol–water partition coefficient (Wildman–Crippen LogP) is 2.34. The molecule has 0 fully saturated rings. The van der Waals surface area contributed by atoms with Gasteiger partial charge in [0.25, 0.3) is 15.9 Å². The Labute approximate surface area is 187 Å². The van der Waals surface area contributed by atoms with E-state index < -0.39 is 10.0 Å². The maximum absolute atomic E-state index is 12.8. The minimum Gasteiger partial charge on any atom is -0.352 e. The van der Waals surface area contributed by atoms with E-state index in [0.29, 0.717) is 17.8 Å². The molecule has 0 atom stereocenters. The summed E-state index contributed by atoms with van der Waals surface area (Å²) in [6.07, 6.45) is 3.43. The molecule has 2 aromatic carbocycles. The Morgan fingerprint density at radius 3 is 2.22 bits per heavy atom. The lowest BCUT2D eigenvalue weighted by molar-refractivity contribution is -0.121. The smallest absolute Gasteiger partial charge is 0.264 e. The number of anilines is 1. The van der Waals surface area contributed by atoms with Crippen molar-refractivity contribution in [3.63, 3.8) is 0 Å². The van der Waals surface area contributed by atoms with Crippen molar-refractivity contribution in [2.75, 3.05) is 17.9 Å². The van der Waals surface area contributed by atoms with Crippen LogP contribution in [0.25, 0.3) is 0 Å². The minimum atomic E-state index is -3.75. The summed E-state index contributed by atoms with van der Waals surface area (Å²) in [5.41, 5.74) is 1.78. The molecule has 166 valence electrons. The normalized spacial score (nSPS) is 10.9. The number of pyridine rings is 1. The van der Waals surface area contributed by atoms with Gasteiger partial charge in [0.15, 0.2) is 0 Å². The van der Waals surface area contributed by atoms with Crippen LogP contribution in [0.3, 0.4) is 0 Å². The first-order chi connectivity index (χ1) is 15.4. The summed E-state index contributed by atoms with van der Waals surface area (Å²) in [6.45, 7) is 0.556. The predicted molar refractivity (Wildman–Crippen MR) is 122 cm³/mol. The third kappa shape index (κ3) is 5.92. The third-order valence-corrected chi connectivity index (χ3v) is 6.57. The quantitative estimate of drug-likeness (QED) is 0.518. The molecule has 32 heavy (non-hydrogen) atoms. The van der Waals surface area contributed by atoms with Crippen LogP contribution in [0.2, 0.25) is 0 Å². The Bertz CT molecular complexity index is 1150.